The molecular weight excluding hydrogens is 339 g/mol. The van der Waals surface area contributed by atoms with E-state index >= 15 is 0 Å². The second-order valence-corrected chi connectivity index (χ2v) is 5.37. The van der Waals surface area contributed by atoms with E-state index in [1.165, 1.54) is 27.4 Å². The van der Waals surface area contributed by atoms with Gasteiger partial charge in [-0.25, -0.2) is 4.39 Å². The summed E-state index contributed by atoms with van der Waals surface area (Å²) in [4.78, 5) is 12.5. The van der Waals surface area contributed by atoms with Crippen molar-refractivity contribution in [3.63, 3.8) is 0 Å². The van der Waals surface area contributed by atoms with Gasteiger partial charge in [0.1, 0.15) is 5.82 Å². The molecule has 1 atom stereocenters. The van der Waals surface area contributed by atoms with Crippen LogP contribution in [0.1, 0.15) is 22.8 Å². The minimum atomic E-state index is -1.15. The van der Waals surface area contributed by atoms with Crippen LogP contribution in [0.25, 0.3) is 0 Å². The topological polar surface area (TPSA) is 80.6 Å². The summed E-state index contributed by atoms with van der Waals surface area (Å²) in [5.41, 5.74) is 1.38. The summed E-state index contributed by atoms with van der Waals surface area (Å²) >= 11 is 0. The molecule has 0 aliphatic heterocycles. The summed E-state index contributed by atoms with van der Waals surface area (Å²) < 4.78 is 29.7. The minimum absolute atomic E-state index is 0.0440. The van der Waals surface area contributed by atoms with Crippen LogP contribution in [-0.2, 0) is 16.1 Å². The lowest BCUT2D eigenvalue weighted by Crippen LogP contribution is -2.30. The van der Waals surface area contributed by atoms with Crippen LogP contribution < -0.4 is 14.8 Å². The molecule has 0 saturated heterocycles. The van der Waals surface area contributed by atoms with Crippen molar-refractivity contribution in [1.29, 1.82) is 5.26 Å². The quantitative estimate of drug-likeness (QED) is 0.823. The van der Waals surface area contributed by atoms with Crippen LogP contribution in [0, 0.1) is 17.1 Å². The first-order valence-electron chi connectivity index (χ1n) is 7.75. The molecule has 0 aromatic heterocycles. The Morgan fingerprint density at radius 2 is 1.77 bits per heavy atom. The first-order chi connectivity index (χ1) is 12.5. The summed E-state index contributed by atoms with van der Waals surface area (Å²) in [5, 5.41) is 11.5. The molecule has 1 amide bonds. The van der Waals surface area contributed by atoms with E-state index in [9.17, 15) is 9.18 Å². The molecule has 136 valence electrons. The molecule has 7 heteroatoms. The molecule has 0 saturated carbocycles. The van der Waals surface area contributed by atoms with Crippen molar-refractivity contribution in [3.05, 3.63) is 58.9 Å². The van der Waals surface area contributed by atoms with E-state index in [1.54, 1.807) is 24.3 Å². The highest BCUT2D eigenvalue weighted by atomic mass is 19.1. The van der Waals surface area contributed by atoms with Crippen LogP contribution in [0.5, 0.6) is 11.5 Å². The smallest absolute Gasteiger partial charge is 0.254 e. The Bertz CT molecular complexity index is 816. The van der Waals surface area contributed by atoms with E-state index in [1.807, 2.05) is 6.07 Å². The van der Waals surface area contributed by atoms with E-state index in [2.05, 4.69) is 5.32 Å². The summed E-state index contributed by atoms with van der Waals surface area (Å²) in [6, 6.07) is 11.3. The van der Waals surface area contributed by atoms with Crippen molar-refractivity contribution in [2.24, 2.45) is 0 Å². The Balaban J connectivity index is 2.16. The normalized spacial score (nSPS) is 11.3. The molecular formula is C19H19FN2O4. The van der Waals surface area contributed by atoms with Gasteiger partial charge in [0.15, 0.2) is 17.6 Å². The Morgan fingerprint density at radius 1 is 1.15 bits per heavy atom. The van der Waals surface area contributed by atoms with E-state index in [0.29, 0.717) is 11.3 Å². The van der Waals surface area contributed by atoms with Crippen LogP contribution in [0.3, 0.4) is 0 Å². The van der Waals surface area contributed by atoms with E-state index in [-0.39, 0.29) is 17.9 Å². The average molecular weight is 358 g/mol. The number of nitrogens with zero attached hydrogens (tertiary/aromatic N) is 1. The van der Waals surface area contributed by atoms with Crippen molar-refractivity contribution < 1.29 is 23.4 Å². The number of ether oxygens (including phenoxy) is 3. The van der Waals surface area contributed by atoms with Gasteiger partial charge in [0, 0.05) is 25.3 Å². The van der Waals surface area contributed by atoms with Gasteiger partial charge in [-0.15, -0.1) is 0 Å². The molecule has 0 radical (unpaired) electrons. The van der Waals surface area contributed by atoms with Crippen molar-refractivity contribution in [2.75, 3.05) is 21.3 Å². The number of nitrogens with one attached hydrogen (secondary N) is 1. The van der Waals surface area contributed by atoms with Crippen LogP contribution in [-0.4, -0.2) is 27.2 Å². The summed E-state index contributed by atoms with van der Waals surface area (Å²) in [6.07, 6.45) is -1.15. The van der Waals surface area contributed by atoms with Crippen molar-refractivity contribution in [2.45, 2.75) is 12.6 Å². The number of carbonyl (C=O) groups excluding carboxylic acids is 1. The molecule has 1 N–H and O–H groups in total. The molecule has 0 heterocycles. The fraction of sp³-hybridized carbons (Fsp3) is 0.263. The molecule has 0 aliphatic rings. The highest BCUT2D eigenvalue weighted by Crippen LogP contribution is 2.33. The van der Waals surface area contributed by atoms with Crippen molar-refractivity contribution in [3.8, 4) is 17.6 Å². The lowest BCUT2D eigenvalue weighted by molar-refractivity contribution is -0.131. The van der Waals surface area contributed by atoms with Gasteiger partial charge in [-0.05, 0) is 23.8 Å². The number of rotatable bonds is 7. The standard InChI is InChI=1S/C19H19FN2O4/c1-24-16-8-14(15(20)9-17(16)25-2)18(26-3)19(23)22-11-13-6-4-12(10-21)5-7-13/h4-9,18H,11H2,1-3H3,(H,22,23)/t18-/m0/s1. The third-order valence-corrected chi connectivity index (χ3v) is 3.81. The number of methoxy groups -OCH3 is 3. The highest BCUT2D eigenvalue weighted by Gasteiger charge is 2.25. The van der Waals surface area contributed by atoms with Gasteiger partial charge < -0.3 is 19.5 Å². The Labute approximate surface area is 151 Å². The van der Waals surface area contributed by atoms with Crippen molar-refractivity contribution >= 4 is 5.91 Å². The average Bonchev–Trinajstić information content (AvgIpc) is 2.68. The molecule has 2 aromatic rings. The Hall–Kier alpha value is -3.11. The molecule has 0 aliphatic carbocycles. The lowest BCUT2D eigenvalue weighted by Gasteiger charge is -2.18. The van der Waals surface area contributed by atoms with Crippen LogP contribution in [0.2, 0.25) is 0 Å². The zero-order valence-corrected chi connectivity index (χ0v) is 14.7. The summed E-state index contributed by atoms with van der Waals surface area (Å²) in [5.74, 6) is -0.613. The molecule has 0 unspecified atom stereocenters. The molecule has 2 aromatic carbocycles. The predicted molar refractivity (Wildman–Crippen MR) is 92.3 cm³/mol. The molecule has 0 bridgehead atoms. The molecule has 6 nitrogen and oxygen atoms in total. The number of hydrogen-bond acceptors (Lipinski definition) is 5. The van der Waals surface area contributed by atoms with Gasteiger partial charge in [-0.1, -0.05) is 12.1 Å². The third-order valence-electron chi connectivity index (χ3n) is 3.81. The van der Waals surface area contributed by atoms with E-state index in [0.717, 1.165) is 11.6 Å². The maximum absolute atomic E-state index is 14.4. The van der Waals surface area contributed by atoms with Crippen LogP contribution >= 0.6 is 0 Å². The number of nitriles is 1. The largest absolute Gasteiger partial charge is 0.493 e. The van der Waals surface area contributed by atoms with Gasteiger partial charge in [-0.2, -0.15) is 5.26 Å². The molecule has 2 rings (SSSR count). The number of amides is 1. The summed E-state index contributed by atoms with van der Waals surface area (Å²) in [6.45, 7) is 0.222. The van der Waals surface area contributed by atoms with E-state index in [4.69, 9.17) is 19.5 Å². The molecule has 0 spiro atoms. The zero-order chi connectivity index (χ0) is 19.1. The highest BCUT2D eigenvalue weighted by molar-refractivity contribution is 5.82. The van der Waals surface area contributed by atoms with Gasteiger partial charge in [0.2, 0.25) is 0 Å². The zero-order valence-electron chi connectivity index (χ0n) is 14.7. The van der Waals surface area contributed by atoms with E-state index < -0.39 is 17.8 Å². The lowest BCUT2D eigenvalue weighted by atomic mass is 10.1. The summed E-state index contributed by atoms with van der Waals surface area (Å²) in [7, 11) is 4.14. The molecule has 0 fully saturated rings. The number of halogens is 1. The van der Waals surface area contributed by atoms with Gasteiger partial charge in [0.05, 0.1) is 25.9 Å². The molecule has 26 heavy (non-hydrogen) atoms. The first-order valence-corrected chi connectivity index (χ1v) is 7.75. The Morgan fingerprint density at radius 3 is 2.31 bits per heavy atom. The maximum atomic E-state index is 14.4. The number of carbonyl (C=O) groups is 1. The van der Waals surface area contributed by atoms with Crippen LogP contribution in [0.15, 0.2) is 36.4 Å². The second-order valence-electron chi connectivity index (χ2n) is 5.37. The second kappa shape index (κ2) is 8.83. The van der Waals surface area contributed by atoms with Gasteiger partial charge in [0.25, 0.3) is 5.91 Å². The number of benzene rings is 2. The van der Waals surface area contributed by atoms with Gasteiger partial charge >= 0.3 is 0 Å². The maximum Gasteiger partial charge on any atom is 0.254 e. The predicted octanol–water partition coefficient (Wildman–Crippen LogP) is 2.72. The number of hydrogen-bond donors (Lipinski definition) is 1. The van der Waals surface area contributed by atoms with Crippen molar-refractivity contribution in [1.82, 2.24) is 5.32 Å². The van der Waals surface area contributed by atoms with Crippen LogP contribution in [0.4, 0.5) is 4.39 Å². The fourth-order valence-electron chi connectivity index (χ4n) is 2.43. The fourth-order valence-corrected chi connectivity index (χ4v) is 2.43. The monoisotopic (exact) mass is 358 g/mol. The third kappa shape index (κ3) is 4.29. The minimum Gasteiger partial charge on any atom is -0.493 e. The Kier molecular flexibility index (Phi) is 6.53. The van der Waals surface area contributed by atoms with Gasteiger partial charge in [-0.3, -0.25) is 4.79 Å². The first kappa shape index (κ1) is 19.2. The SMILES string of the molecule is COc1cc(F)c([C@H](OC)C(=O)NCc2ccc(C#N)cc2)cc1OC.